The smallest absolute Gasteiger partial charge is 0.191 e. The number of anilines is 1. The summed E-state index contributed by atoms with van der Waals surface area (Å²) < 4.78 is 10.9. The van der Waals surface area contributed by atoms with Crippen LogP contribution in [0.1, 0.15) is 19.4 Å². The van der Waals surface area contributed by atoms with Crippen LogP contribution in [0.3, 0.4) is 0 Å². The Morgan fingerprint density at radius 1 is 1.14 bits per heavy atom. The number of pyridine rings is 1. The lowest BCUT2D eigenvalue weighted by Gasteiger charge is -2.32. The molecule has 0 amide bonds. The predicted octanol–water partition coefficient (Wildman–Crippen LogP) is 0.694. The summed E-state index contributed by atoms with van der Waals surface area (Å²) in [7, 11) is 0. The molecule has 2 aliphatic heterocycles. The van der Waals surface area contributed by atoms with E-state index >= 15 is 0 Å². The molecule has 3 rings (SSSR count). The third-order valence-electron chi connectivity index (χ3n) is 5.16. The van der Waals surface area contributed by atoms with E-state index in [0.29, 0.717) is 12.6 Å². The molecule has 0 aromatic carbocycles. The molecular weight excluding hydrogens is 356 g/mol. The van der Waals surface area contributed by atoms with E-state index < -0.39 is 0 Å². The number of hydrogen-bond acceptors (Lipinski definition) is 6. The SMILES string of the molecule is CCNC(=NCc1cccnc1N1CCOCC1)NCC(C)N1CCOCC1. The fourth-order valence-corrected chi connectivity index (χ4v) is 3.51. The first-order valence-corrected chi connectivity index (χ1v) is 10.4. The van der Waals surface area contributed by atoms with E-state index in [1.165, 1.54) is 0 Å². The highest BCUT2D eigenvalue weighted by Gasteiger charge is 2.18. The van der Waals surface area contributed by atoms with Gasteiger partial charge in [0.2, 0.25) is 0 Å². The first-order valence-electron chi connectivity index (χ1n) is 10.4. The molecule has 2 N–H and O–H groups in total. The summed E-state index contributed by atoms with van der Waals surface area (Å²) in [5.41, 5.74) is 1.14. The number of aliphatic imine (C=N–C) groups is 1. The van der Waals surface area contributed by atoms with Crippen molar-refractivity contribution in [1.82, 2.24) is 20.5 Å². The zero-order chi connectivity index (χ0) is 19.6. The van der Waals surface area contributed by atoms with Gasteiger partial charge in [0.1, 0.15) is 5.82 Å². The molecule has 2 saturated heterocycles. The van der Waals surface area contributed by atoms with Crippen LogP contribution >= 0.6 is 0 Å². The highest BCUT2D eigenvalue weighted by molar-refractivity contribution is 5.79. The maximum Gasteiger partial charge on any atom is 0.191 e. The minimum absolute atomic E-state index is 0.440. The molecule has 8 heteroatoms. The Morgan fingerprint density at radius 2 is 1.86 bits per heavy atom. The summed E-state index contributed by atoms with van der Waals surface area (Å²) in [6.45, 7) is 13.5. The minimum atomic E-state index is 0.440. The second-order valence-corrected chi connectivity index (χ2v) is 7.16. The number of morpholine rings is 2. The van der Waals surface area contributed by atoms with Crippen LogP contribution in [0.2, 0.25) is 0 Å². The van der Waals surface area contributed by atoms with Gasteiger partial charge in [-0.05, 0) is 19.9 Å². The molecule has 1 atom stereocenters. The second-order valence-electron chi connectivity index (χ2n) is 7.16. The van der Waals surface area contributed by atoms with Gasteiger partial charge < -0.3 is 25.0 Å². The van der Waals surface area contributed by atoms with Gasteiger partial charge >= 0.3 is 0 Å². The molecule has 2 aliphatic rings. The van der Waals surface area contributed by atoms with Crippen LogP contribution in [0.5, 0.6) is 0 Å². The Labute approximate surface area is 168 Å². The topological polar surface area (TPSA) is 74.2 Å². The first kappa shape index (κ1) is 20.8. The van der Waals surface area contributed by atoms with Gasteiger partial charge in [0, 0.05) is 57.1 Å². The summed E-state index contributed by atoms with van der Waals surface area (Å²) in [5.74, 6) is 1.87. The lowest BCUT2D eigenvalue weighted by Crippen LogP contribution is -2.49. The largest absolute Gasteiger partial charge is 0.379 e. The van der Waals surface area contributed by atoms with Gasteiger partial charge in [-0.2, -0.15) is 0 Å². The first-order chi connectivity index (χ1) is 13.8. The van der Waals surface area contributed by atoms with Crippen LogP contribution in [0, 0.1) is 0 Å². The molecule has 28 heavy (non-hydrogen) atoms. The second kappa shape index (κ2) is 11.2. The lowest BCUT2D eigenvalue weighted by molar-refractivity contribution is 0.0211. The Hall–Kier alpha value is -1.90. The molecule has 1 aromatic heterocycles. The zero-order valence-electron chi connectivity index (χ0n) is 17.2. The van der Waals surface area contributed by atoms with E-state index in [1.54, 1.807) is 0 Å². The summed E-state index contributed by atoms with van der Waals surface area (Å²) >= 11 is 0. The standard InChI is InChI=1S/C20H34N6O2/c1-3-21-20(23-15-17(2)25-7-11-27-12-8-25)24-16-18-5-4-6-22-19(18)26-9-13-28-14-10-26/h4-6,17H,3,7-16H2,1-2H3,(H2,21,23,24). The third kappa shape index (κ3) is 6.05. The number of rotatable bonds is 7. The molecule has 0 saturated carbocycles. The van der Waals surface area contributed by atoms with Crippen molar-refractivity contribution in [1.29, 1.82) is 0 Å². The van der Waals surface area contributed by atoms with Crippen LogP contribution in [0.25, 0.3) is 0 Å². The Balaban J connectivity index is 1.59. The maximum atomic E-state index is 5.47. The number of hydrogen-bond donors (Lipinski definition) is 2. The van der Waals surface area contributed by atoms with E-state index in [9.17, 15) is 0 Å². The van der Waals surface area contributed by atoms with Crippen molar-refractivity contribution in [3.8, 4) is 0 Å². The molecule has 0 bridgehead atoms. The minimum Gasteiger partial charge on any atom is -0.379 e. The quantitative estimate of drug-likeness (QED) is 0.524. The van der Waals surface area contributed by atoms with E-state index in [4.69, 9.17) is 14.5 Å². The average molecular weight is 391 g/mol. The monoisotopic (exact) mass is 390 g/mol. The van der Waals surface area contributed by atoms with Gasteiger partial charge in [-0.15, -0.1) is 0 Å². The maximum absolute atomic E-state index is 5.47. The number of ether oxygens (including phenoxy) is 2. The molecule has 2 fully saturated rings. The van der Waals surface area contributed by atoms with Gasteiger partial charge in [0.05, 0.1) is 33.0 Å². The van der Waals surface area contributed by atoms with Crippen LogP contribution in [0.15, 0.2) is 23.3 Å². The van der Waals surface area contributed by atoms with E-state index in [2.05, 4.69) is 45.3 Å². The molecule has 156 valence electrons. The van der Waals surface area contributed by atoms with Crippen LogP contribution in [-0.2, 0) is 16.0 Å². The molecule has 3 heterocycles. The van der Waals surface area contributed by atoms with Crippen molar-refractivity contribution in [3.05, 3.63) is 23.9 Å². The van der Waals surface area contributed by atoms with Crippen molar-refractivity contribution in [2.45, 2.75) is 26.4 Å². The van der Waals surface area contributed by atoms with Crippen molar-refractivity contribution in [2.75, 3.05) is 70.6 Å². The number of guanidine groups is 1. The fraction of sp³-hybridized carbons (Fsp3) is 0.700. The van der Waals surface area contributed by atoms with Crippen molar-refractivity contribution in [3.63, 3.8) is 0 Å². The molecule has 0 radical (unpaired) electrons. The molecule has 0 aliphatic carbocycles. The molecule has 8 nitrogen and oxygen atoms in total. The van der Waals surface area contributed by atoms with Crippen LogP contribution < -0.4 is 15.5 Å². The van der Waals surface area contributed by atoms with Gasteiger partial charge in [0.25, 0.3) is 0 Å². The van der Waals surface area contributed by atoms with Crippen LogP contribution in [-0.4, -0.2) is 87.6 Å². The number of nitrogens with zero attached hydrogens (tertiary/aromatic N) is 4. The van der Waals surface area contributed by atoms with Crippen molar-refractivity contribution < 1.29 is 9.47 Å². The number of aromatic nitrogens is 1. The summed E-state index contributed by atoms with van der Waals surface area (Å²) in [6, 6.07) is 4.53. The molecule has 1 aromatic rings. The Kier molecular flexibility index (Phi) is 8.32. The molecular formula is C20H34N6O2. The Bertz CT molecular complexity index is 614. The third-order valence-corrected chi connectivity index (χ3v) is 5.16. The van der Waals surface area contributed by atoms with Gasteiger partial charge in [-0.1, -0.05) is 6.07 Å². The lowest BCUT2D eigenvalue weighted by atomic mass is 10.2. The fourth-order valence-electron chi connectivity index (χ4n) is 3.51. The predicted molar refractivity (Wildman–Crippen MR) is 112 cm³/mol. The van der Waals surface area contributed by atoms with Crippen molar-refractivity contribution >= 4 is 11.8 Å². The molecule has 0 spiro atoms. The van der Waals surface area contributed by atoms with Gasteiger partial charge in [-0.3, -0.25) is 4.90 Å². The summed E-state index contributed by atoms with van der Waals surface area (Å²) in [4.78, 5) is 14.2. The Morgan fingerprint density at radius 3 is 2.57 bits per heavy atom. The highest BCUT2D eigenvalue weighted by atomic mass is 16.5. The summed E-state index contributed by atoms with van der Waals surface area (Å²) in [6.07, 6.45) is 1.85. The average Bonchev–Trinajstić information content (AvgIpc) is 2.77. The highest BCUT2D eigenvalue weighted by Crippen LogP contribution is 2.19. The summed E-state index contributed by atoms with van der Waals surface area (Å²) in [5, 5.41) is 6.84. The van der Waals surface area contributed by atoms with E-state index in [-0.39, 0.29) is 0 Å². The number of nitrogens with one attached hydrogen (secondary N) is 2. The van der Waals surface area contributed by atoms with Gasteiger partial charge in [-0.25, -0.2) is 9.98 Å². The van der Waals surface area contributed by atoms with E-state index in [0.717, 1.165) is 83.0 Å². The molecule has 1 unspecified atom stereocenters. The van der Waals surface area contributed by atoms with Crippen molar-refractivity contribution in [2.24, 2.45) is 4.99 Å². The van der Waals surface area contributed by atoms with E-state index in [1.807, 2.05) is 12.3 Å². The zero-order valence-corrected chi connectivity index (χ0v) is 17.2. The van der Waals surface area contributed by atoms with Crippen LogP contribution in [0.4, 0.5) is 5.82 Å². The van der Waals surface area contributed by atoms with Gasteiger partial charge in [0.15, 0.2) is 5.96 Å². The normalized spacial score (nSPS) is 20.1.